The van der Waals surface area contributed by atoms with Crippen molar-refractivity contribution in [2.45, 2.75) is 38.6 Å². The highest BCUT2D eigenvalue weighted by Gasteiger charge is 2.14. The fourth-order valence-electron chi connectivity index (χ4n) is 2.96. The lowest BCUT2D eigenvalue weighted by atomic mass is 10.1. The van der Waals surface area contributed by atoms with Crippen molar-refractivity contribution >= 4 is 34.3 Å². The standard InChI is InChI=1S/C21H22ClN3O2/c1-15(7-8-16-5-3-2-4-6-16)24-20(26)11-12-21(27)25-19-13-18(22)10-9-17(19)14-23-25/h2-6,9-10,13-15H,7-8,11-12H2,1H3,(H,24,26). The van der Waals surface area contributed by atoms with Crippen molar-refractivity contribution in [3.05, 3.63) is 65.3 Å². The van der Waals surface area contributed by atoms with E-state index in [1.807, 2.05) is 31.2 Å². The summed E-state index contributed by atoms with van der Waals surface area (Å²) in [7, 11) is 0. The van der Waals surface area contributed by atoms with Crippen LogP contribution in [0, 0.1) is 0 Å². The molecule has 0 aliphatic rings. The van der Waals surface area contributed by atoms with Crippen LogP contribution in [0.2, 0.25) is 5.02 Å². The van der Waals surface area contributed by atoms with Crippen molar-refractivity contribution in [1.29, 1.82) is 0 Å². The predicted molar refractivity (Wildman–Crippen MR) is 107 cm³/mol. The number of nitrogens with zero attached hydrogens (tertiary/aromatic N) is 2. The summed E-state index contributed by atoms with van der Waals surface area (Å²) in [6, 6.07) is 15.5. The van der Waals surface area contributed by atoms with E-state index in [2.05, 4.69) is 22.5 Å². The molecule has 1 atom stereocenters. The van der Waals surface area contributed by atoms with Gasteiger partial charge in [-0.05, 0) is 43.5 Å². The largest absolute Gasteiger partial charge is 0.354 e. The Morgan fingerprint density at radius 2 is 1.93 bits per heavy atom. The molecule has 0 radical (unpaired) electrons. The molecule has 140 valence electrons. The highest BCUT2D eigenvalue weighted by molar-refractivity contribution is 6.31. The van der Waals surface area contributed by atoms with E-state index in [1.165, 1.54) is 10.2 Å². The third kappa shape index (κ3) is 5.17. The Labute approximate surface area is 163 Å². The van der Waals surface area contributed by atoms with E-state index in [0.29, 0.717) is 10.5 Å². The normalized spacial score (nSPS) is 12.1. The number of amides is 1. The average molecular weight is 384 g/mol. The molecule has 1 unspecified atom stereocenters. The zero-order chi connectivity index (χ0) is 19.2. The minimum Gasteiger partial charge on any atom is -0.354 e. The Kier molecular flexibility index (Phi) is 6.24. The van der Waals surface area contributed by atoms with Crippen LogP contribution in [0.4, 0.5) is 0 Å². The number of hydrogen-bond donors (Lipinski definition) is 1. The molecule has 0 spiro atoms. The van der Waals surface area contributed by atoms with Crippen molar-refractivity contribution in [3.63, 3.8) is 0 Å². The monoisotopic (exact) mass is 383 g/mol. The smallest absolute Gasteiger partial charge is 0.247 e. The molecule has 0 fully saturated rings. The Hall–Kier alpha value is -2.66. The first-order chi connectivity index (χ1) is 13.0. The van der Waals surface area contributed by atoms with Gasteiger partial charge in [-0.3, -0.25) is 9.59 Å². The maximum Gasteiger partial charge on any atom is 0.247 e. The van der Waals surface area contributed by atoms with Gasteiger partial charge in [-0.15, -0.1) is 0 Å². The molecule has 3 rings (SSSR count). The van der Waals surface area contributed by atoms with E-state index >= 15 is 0 Å². The molecule has 2 aromatic carbocycles. The van der Waals surface area contributed by atoms with Crippen LogP contribution >= 0.6 is 11.6 Å². The molecule has 6 heteroatoms. The third-order valence-electron chi connectivity index (χ3n) is 4.45. The predicted octanol–water partition coefficient (Wildman–Crippen LogP) is 4.25. The van der Waals surface area contributed by atoms with Crippen molar-refractivity contribution < 1.29 is 9.59 Å². The lowest BCUT2D eigenvalue weighted by Crippen LogP contribution is -2.33. The summed E-state index contributed by atoms with van der Waals surface area (Å²) in [6.45, 7) is 1.98. The number of carbonyl (C=O) groups is 2. The van der Waals surface area contributed by atoms with E-state index < -0.39 is 0 Å². The zero-order valence-electron chi connectivity index (χ0n) is 15.2. The highest BCUT2D eigenvalue weighted by atomic mass is 35.5. The van der Waals surface area contributed by atoms with Crippen LogP contribution in [0.15, 0.2) is 54.7 Å². The number of nitrogens with one attached hydrogen (secondary N) is 1. The maximum atomic E-state index is 12.4. The quantitative estimate of drug-likeness (QED) is 0.663. The van der Waals surface area contributed by atoms with E-state index in [1.54, 1.807) is 18.3 Å². The lowest BCUT2D eigenvalue weighted by Gasteiger charge is -2.13. The summed E-state index contributed by atoms with van der Waals surface area (Å²) in [4.78, 5) is 24.6. The number of aryl methyl sites for hydroxylation is 1. The van der Waals surface area contributed by atoms with E-state index in [0.717, 1.165) is 18.2 Å². The SMILES string of the molecule is CC(CCc1ccccc1)NC(=O)CCC(=O)n1ncc2ccc(Cl)cc21. The van der Waals surface area contributed by atoms with Crippen molar-refractivity contribution in [1.82, 2.24) is 15.1 Å². The van der Waals surface area contributed by atoms with Gasteiger partial charge in [0.05, 0.1) is 11.7 Å². The van der Waals surface area contributed by atoms with Gasteiger partial charge < -0.3 is 5.32 Å². The molecular weight excluding hydrogens is 362 g/mol. The molecule has 0 saturated carbocycles. The Morgan fingerprint density at radius 3 is 2.70 bits per heavy atom. The molecule has 1 N–H and O–H groups in total. The number of hydrogen-bond acceptors (Lipinski definition) is 3. The summed E-state index contributed by atoms with van der Waals surface area (Å²) < 4.78 is 1.31. The first kappa shape index (κ1) is 19.1. The molecule has 1 heterocycles. The van der Waals surface area contributed by atoms with Crippen LogP contribution < -0.4 is 5.32 Å². The molecule has 5 nitrogen and oxygen atoms in total. The van der Waals surface area contributed by atoms with Gasteiger partial charge in [0.15, 0.2) is 0 Å². The topological polar surface area (TPSA) is 64.0 Å². The van der Waals surface area contributed by atoms with Crippen molar-refractivity contribution in [3.8, 4) is 0 Å². The minimum atomic E-state index is -0.223. The fraction of sp³-hybridized carbons (Fsp3) is 0.286. The molecule has 3 aromatic rings. The zero-order valence-corrected chi connectivity index (χ0v) is 15.9. The van der Waals surface area contributed by atoms with E-state index in [-0.39, 0.29) is 30.7 Å². The molecule has 0 bridgehead atoms. The Balaban J connectivity index is 1.48. The molecule has 1 aromatic heterocycles. The fourth-order valence-corrected chi connectivity index (χ4v) is 3.13. The van der Waals surface area contributed by atoms with Crippen LogP contribution in [0.25, 0.3) is 10.9 Å². The van der Waals surface area contributed by atoms with Crippen LogP contribution in [-0.2, 0) is 11.2 Å². The van der Waals surface area contributed by atoms with Gasteiger partial charge in [-0.1, -0.05) is 41.9 Å². The van der Waals surface area contributed by atoms with Gasteiger partial charge in [-0.25, -0.2) is 4.68 Å². The summed E-state index contributed by atoms with van der Waals surface area (Å²) >= 11 is 5.99. The number of aromatic nitrogens is 2. The molecule has 27 heavy (non-hydrogen) atoms. The second kappa shape index (κ2) is 8.82. The Bertz CT molecular complexity index is 937. The molecule has 0 saturated heterocycles. The van der Waals surface area contributed by atoms with Crippen LogP contribution in [0.3, 0.4) is 0 Å². The lowest BCUT2D eigenvalue weighted by molar-refractivity contribution is -0.121. The number of halogens is 1. The van der Waals surface area contributed by atoms with Crippen molar-refractivity contribution in [2.24, 2.45) is 0 Å². The first-order valence-electron chi connectivity index (χ1n) is 9.02. The van der Waals surface area contributed by atoms with Gasteiger partial charge in [-0.2, -0.15) is 5.10 Å². The van der Waals surface area contributed by atoms with Gasteiger partial charge in [0.1, 0.15) is 0 Å². The molecular formula is C21H22ClN3O2. The van der Waals surface area contributed by atoms with Gasteiger partial charge in [0.2, 0.25) is 11.8 Å². The maximum absolute atomic E-state index is 12.4. The highest BCUT2D eigenvalue weighted by Crippen LogP contribution is 2.19. The summed E-state index contributed by atoms with van der Waals surface area (Å²) in [6.07, 6.45) is 3.61. The summed E-state index contributed by atoms with van der Waals surface area (Å²) in [5.41, 5.74) is 1.90. The Morgan fingerprint density at radius 1 is 1.15 bits per heavy atom. The molecule has 0 aliphatic heterocycles. The molecule has 1 amide bonds. The van der Waals surface area contributed by atoms with Crippen LogP contribution in [-0.4, -0.2) is 27.6 Å². The minimum absolute atomic E-state index is 0.0529. The van der Waals surface area contributed by atoms with Crippen LogP contribution in [0.1, 0.15) is 36.5 Å². The number of benzene rings is 2. The van der Waals surface area contributed by atoms with E-state index in [4.69, 9.17) is 11.6 Å². The van der Waals surface area contributed by atoms with E-state index in [9.17, 15) is 9.59 Å². The van der Waals surface area contributed by atoms with Gasteiger partial charge >= 0.3 is 0 Å². The number of fused-ring (bicyclic) bond motifs is 1. The van der Waals surface area contributed by atoms with Crippen molar-refractivity contribution in [2.75, 3.05) is 0 Å². The number of rotatable bonds is 7. The van der Waals surface area contributed by atoms with Crippen LogP contribution in [0.5, 0.6) is 0 Å². The second-order valence-electron chi connectivity index (χ2n) is 6.65. The average Bonchev–Trinajstić information content (AvgIpc) is 3.08. The third-order valence-corrected chi connectivity index (χ3v) is 4.69. The molecule has 0 aliphatic carbocycles. The van der Waals surface area contributed by atoms with Gasteiger partial charge in [0.25, 0.3) is 0 Å². The second-order valence-corrected chi connectivity index (χ2v) is 7.08. The van der Waals surface area contributed by atoms with Gasteiger partial charge in [0, 0.05) is 29.3 Å². The summed E-state index contributed by atoms with van der Waals surface area (Å²) in [5, 5.41) is 8.45. The summed E-state index contributed by atoms with van der Waals surface area (Å²) in [5.74, 6) is -0.349. The first-order valence-corrected chi connectivity index (χ1v) is 9.40. The number of carbonyl (C=O) groups excluding carboxylic acids is 2.